The number of hydrogen-bond donors (Lipinski definition) is 2. The van der Waals surface area contributed by atoms with E-state index in [9.17, 15) is 14.4 Å². The third-order valence-electron chi connectivity index (χ3n) is 5.55. The first-order valence-corrected chi connectivity index (χ1v) is 9.68. The minimum Gasteiger partial charge on any atom is -0.345 e. The van der Waals surface area contributed by atoms with Gasteiger partial charge in [0.25, 0.3) is 0 Å². The Kier molecular flexibility index (Phi) is 4.66. The van der Waals surface area contributed by atoms with Crippen LogP contribution in [-0.2, 0) is 20.8 Å². The Morgan fingerprint density at radius 1 is 0.962 bits per heavy atom. The topological polar surface area (TPSA) is 78.5 Å². The van der Waals surface area contributed by atoms with Gasteiger partial charge in [-0.2, -0.15) is 0 Å². The average molecular weight is 355 g/mol. The van der Waals surface area contributed by atoms with E-state index in [0.29, 0.717) is 5.69 Å². The van der Waals surface area contributed by atoms with Gasteiger partial charge in [0.2, 0.25) is 5.91 Å². The highest BCUT2D eigenvalue weighted by Gasteiger charge is 2.35. The first kappa shape index (κ1) is 17.1. The Bertz CT molecular complexity index is 736. The lowest BCUT2D eigenvalue weighted by atomic mass is 10.0. The number of anilines is 2. The van der Waals surface area contributed by atoms with Crippen molar-refractivity contribution in [3.8, 4) is 0 Å². The lowest BCUT2D eigenvalue weighted by molar-refractivity contribution is -0.136. The number of carbonyl (C=O) groups excluding carboxylic acids is 3. The molecule has 4 rings (SSSR count). The Morgan fingerprint density at radius 2 is 1.73 bits per heavy atom. The summed E-state index contributed by atoms with van der Waals surface area (Å²) in [6.07, 6.45) is 7.92. The number of aryl methyl sites for hydroxylation is 1. The molecule has 6 heteroatoms. The molecular weight excluding hydrogens is 330 g/mol. The summed E-state index contributed by atoms with van der Waals surface area (Å²) in [5, 5.41) is 5.48. The summed E-state index contributed by atoms with van der Waals surface area (Å²) in [6, 6.07) is 5.70. The average Bonchev–Trinajstić information content (AvgIpc) is 3.38. The van der Waals surface area contributed by atoms with Crippen LogP contribution in [0.5, 0.6) is 0 Å². The molecule has 2 aliphatic carbocycles. The van der Waals surface area contributed by atoms with E-state index in [0.717, 1.165) is 69.2 Å². The van der Waals surface area contributed by atoms with Crippen molar-refractivity contribution in [3.05, 3.63) is 23.8 Å². The van der Waals surface area contributed by atoms with Crippen molar-refractivity contribution in [3.63, 3.8) is 0 Å². The van der Waals surface area contributed by atoms with Crippen molar-refractivity contribution in [2.75, 3.05) is 16.8 Å². The molecular formula is C20H25N3O3. The van der Waals surface area contributed by atoms with Crippen LogP contribution in [0.1, 0.15) is 50.5 Å². The number of nitrogens with zero attached hydrogens (tertiary/aromatic N) is 1. The number of rotatable bonds is 3. The van der Waals surface area contributed by atoms with Crippen LogP contribution in [0.25, 0.3) is 0 Å². The molecule has 0 atom stereocenters. The predicted octanol–water partition coefficient (Wildman–Crippen LogP) is 2.37. The van der Waals surface area contributed by atoms with Gasteiger partial charge in [-0.25, -0.2) is 0 Å². The van der Waals surface area contributed by atoms with E-state index >= 15 is 0 Å². The maximum atomic E-state index is 12.5. The molecule has 3 amide bonds. The summed E-state index contributed by atoms with van der Waals surface area (Å²) in [7, 11) is 0. The highest BCUT2D eigenvalue weighted by molar-refractivity contribution is 6.39. The largest absolute Gasteiger partial charge is 0.345 e. The zero-order valence-electron chi connectivity index (χ0n) is 14.9. The maximum absolute atomic E-state index is 12.5. The molecule has 1 aromatic carbocycles. The lowest BCUT2D eigenvalue weighted by Crippen LogP contribution is -2.40. The quantitative estimate of drug-likeness (QED) is 0.817. The molecule has 2 fully saturated rings. The van der Waals surface area contributed by atoms with Crippen LogP contribution in [0.2, 0.25) is 0 Å². The van der Waals surface area contributed by atoms with Gasteiger partial charge in [-0.05, 0) is 56.2 Å². The number of hydrogen-bond acceptors (Lipinski definition) is 3. The Hall–Kier alpha value is -2.37. The Morgan fingerprint density at radius 3 is 2.46 bits per heavy atom. The third-order valence-corrected chi connectivity index (χ3v) is 5.55. The van der Waals surface area contributed by atoms with E-state index in [1.165, 1.54) is 0 Å². The summed E-state index contributed by atoms with van der Waals surface area (Å²) in [5.74, 6) is -0.877. The summed E-state index contributed by atoms with van der Waals surface area (Å²) < 4.78 is 0. The number of fused-ring (bicyclic) bond motifs is 1. The fraction of sp³-hybridized carbons (Fsp3) is 0.550. The first-order chi connectivity index (χ1) is 12.6. The predicted molar refractivity (Wildman–Crippen MR) is 98.9 cm³/mol. The van der Waals surface area contributed by atoms with Crippen LogP contribution in [0.15, 0.2) is 18.2 Å². The summed E-state index contributed by atoms with van der Waals surface area (Å²) in [6.45, 7) is 0.724. The fourth-order valence-corrected chi connectivity index (χ4v) is 3.94. The number of benzene rings is 1. The smallest absolute Gasteiger partial charge is 0.313 e. The van der Waals surface area contributed by atoms with E-state index in [1.807, 2.05) is 23.1 Å². The molecule has 1 aliphatic heterocycles. The SMILES string of the molecule is O=C(Nc1ccc2c(c1)N(C(=O)C1CC1)CCC2)C(=O)NC1CCCC1. The monoisotopic (exact) mass is 355 g/mol. The van der Waals surface area contributed by atoms with E-state index in [1.54, 1.807) is 0 Å². The molecule has 138 valence electrons. The molecule has 0 bridgehead atoms. The van der Waals surface area contributed by atoms with Crippen LogP contribution in [0.4, 0.5) is 11.4 Å². The van der Waals surface area contributed by atoms with Gasteiger partial charge in [0.1, 0.15) is 0 Å². The van der Waals surface area contributed by atoms with Crippen LogP contribution in [0.3, 0.4) is 0 Å². The van der Waals surface area contributed by atoms with E-state index in [-0.39, 0.29) is 17.9 Å². The normalized spacial score (nSPS) is 19.8. The van der Waals surface area contributed by atoms with E-state index < -0.39 is 11.8 Å². The number of amides is 3. The fourth-order valence-electron chi connectivity index (χ4n) is 3.94. The highest BCUT2D eigenvalue weighted by Crippen LogP contribution is 2.36. The molecule has 0 radical (unpaired) electrons. The van der Waals surface area contributed by atoms with Gasteiger partial charge < -0.3 is 15.5 Å². The van der Waals surface area contributed by atoms with Gasteiger partial charge in [0.15, 0.2) is 0 Å². The number of carbonyl (C=O) groups is 3. The van der Waals surface area contributed by atoms with Crippen molar-refractivity contribution in [2.24, 2.45) is 5.92 Å². The molecule has 1 aromatic rings. The summed E-state index contributed by atoms with van der Waals surface area (Å²) >= 11 is 0. The summed E-state index contributed by atoms with van der Waals surface area (Å²) in [5.41, 5.74) is 2.56. The van der Waals surface area contributed by atoms with Crippen molar-refractivity contribution in [2.45, 2.75) is 57.4 Å². The van der Waals surface area contributed by atoms with Crippen molar-refractivity contribution in [1.29, 1.82) is 0 Å². The first-order valence-electron chi connectivity index (χ1n) is 9.68. The van der Waals surface area contributed by atoms with Gasteiger partial charge in [-0.15, -0.1) is 0 Å². The molecule has 2 N–H and O–H groups in total. The molecule has 0 aromatic heterocycles. The molecule has 0 unspecified atom stereocenters. The minimum atomic E-state index is -0.646. The third kappa shape index (κ3) is 3.59. The van der Waals surface area contributed by atoms with Gasteiger partial charge in [-0.3, -0.25) is 14.4 Å². The van der Waals surface area contributed by atoms with Crippen LogP contribution >= 0.6 is 0 Å². The van der Waals surface area contributed by atoms with Gasteiger partial charge in [0.05, 0.1) is 0 Å². The second-order valence-electron chi connectivity index (χ2n) is 7.62. The standard InChI is InChI=1S/C20H25N3O3/c24-18(21-15-5-1-2-6-15)19(25)22-16-10-9-13-4-3-11-23(17(13)12-16)20(26)14-7-8-14/h9-10,12,14-15H,1-8,11H2,(H,21,24)(H,22,25). The second kappa shape index (κ2) is 7.09. The van der Waals surface area contributed by atoms with Crippen molar-refractivity contribution in [1.82, 2.24) is 5.32 Å². The molecule has 6 nitrogen and oxygen atoms in total. The molecule has 0 saturated heterocycles. The number of nitrogens with one attached hydrogen (secondary N) is 2. The van der Waals surface area contributed by atoms with Crippen molar-refractivity contribution >= 4 is 29.1 Å². The maximum Gasteiger partial charge on any atom is 0.313 e. The van der Waals surface area contributed by atoms with Crippen LogP contribution in [-0.4, -0.2) is 30.3 Å². The highest BCUT2D eigenvalue weighted by atomic mass is 16.2. The van der Waals surface area contributed by atoms with Crippen LogP contribution < -0.4 is 15.5 Å². The van der Waals surface area contributed by atoms with Crippen molar-refractivity contribution < 1.29 is 14.4 Å². The second-order valence-corrected chi connectivity index (χ2v) is 7.62. The van der Waals surface area contributed by atoms with Crippen LogP contribution in [0, 0.1) is 5.92 Å². The van der Waals surface area contributed by atoms with Gasteiger partial charge in [-0.1, -0.05) is 18.9 Å². The molecule has 0 spiro atoms. The Balaban J connectivity index is 1.45. The lowest BCUT2D eigenvalue weighted by Gasteiger charge is -2.30. The Labute approximate surface area is 153 Å². The van der Waals surface area contributed by atoms with E-state index in [2.05, 4.69) is 10.6 Å². The molecule has 1 heterocycles. The van der Waals surface area contributed by atoms with Gasteiger partial charge in [0, 0.05) is 29.9 Å². The minimum absolute atomic E-state index is 0.114. The zero-order chi connectivity index (χ0) is 18.1. The van der Waals surface area contributed by atoms with Gasteiger partial charge >= 0.3 is 11.8 Å². The molecule has 26 heavy (non-hydrogen) atoms. The van der Waals surface area contributed by atoms with E-state index in [4.69, 9.17) is 0 Å². The summed E-state index contributed by atoms with van der Waals surface area (Å²) in [4.78, 5) is 38.7. The molecule has 2 saturated carbocycles. The molecule has 3 aliphatic rings. The zero-order valence-corrected chi connectivity index (χ0v) is 14.9.